The number of pyridine rings is 2. The van der Waals surface area contributed by atoms with Crippen LogP contribution >= 0.6 is 0 Å². The van der Waals surface area contributed by atoms with Gasteiger partial charge < -0.3 is 15.0 Å². The molecular weight excluding hydrogens is 328 g/mol. The minimum Gasteiger partial charge on any atom is -0.375 e. The van der Waals surface area contributed by atoms with Crippen LogP contribution in [-0.4, -0.2) is 40.2 Å². The molecule has 7 heteroatoms. The summed E-state index contributed by atoms with van der Waals surface area (Å²) in [4.78, 5) is 11.2. The van der Waals surface area contributed by atoms with Gasteiger partial charge in [-0.3, -0.25) is 4.40 Å². The highest BCUT2D eigenvalue weighted by Crippen LogP contribution is 2.20. The van der Waals surface area contributed by atoms with Crippen molar-refractivity contribution in [1.29, 1.82) is 5.26 Å². The number of imidazole rings is 1. The fourth-order valence-corrected chi connectivity index (χ4v) is 3.18. The van der Waals surface area contributed by atoms with Gasteiger partial charge in [-0.05, 0) is 36.8 Å². The maximum absolute atomic E-state index is 9.46. The molecule has 3 aromatic heterocycles. The molecule has 4 heterocycles. The number of nitrogens with one attached hydrogen (secondary N) is 1. The quantitative estimate of drug-likeness (QED) is 0.780. The Hall–Kier alpha value is -3.11. The number of hydrogen-bond donors (Lipinski definition) is 1. The summed E-state index contributed by atoms with van der Waals surface area (Å²) in [5.41, 5.74) is 2.36. The number of ether oxygens (including phenoxy) is 1. The van der Waals surface area contributed by atoms with Crippen LogP contribution in [0.1, 0.15) is 18.2 Å². The van der Waals surface area contributed by atoms with Gasteiger partial charge in [0.25, 0.3) is 0 Å². The topological polar surface area (TPSA) is 78.5 Å². The van der Waals surface area contributed by atoms with Crippen molar-refractivity contribution in [2.45, 2.75) is 19.6 Å². The molecule has 3 aromatic rings. The molecule has 0 spiro atoms. The first kappa shape index (κ1) is 16.4. The Balaban J connectivity index is 1.52. The van der Waals surface area contributed by atoms with Crippen LogP contribution in [0, 0.1) is 11.3 Å². The predicted molar refractivity (Wildman–Crippen MR) is 99.1 cm³/mol. The van der Waals surface area contributed by atoms with Crippen LogP contribution in [0.3, 0.4) is 0 Å². The van der Waals surface area contributed by atoms with E-state index >= 15 is 0 Å². The van der Waals surface area contributed by atoms with E-state index in [1.165, 1.54) is 0 Å². The molecule has 1 atom stereocenters. The van der Waals surface area contributed by atoms with Gasteiger partial charge in [0.2, 0.25) is 0 Å². The van der Waals surface area contributed by atoms with Gasteiger partial charge in [-0.25, -0.2) is 9.97 Å². The summed E-state index contributed by atoms with van der Waals surface area (Å²) >= 11 is 0. The molecule has 1 fully saturated rings. The molecule has 1 aliphatic heterocycles. The third kappa shape index (κ3) is 3.19. The molecule has 0 bridgehead atoms. The molecule has 0 aromatic carbocycles. The van der Waals surface area contributed by atoms with Gasteiger partial charge in [-0.2, -0.15) is 5.26 Å². The second kappa shape index (κ2) is 7.02. The highest BCUT2D eigenvalue weighted by molar-refractivity contribution is 5.59. The van der Waals surface area contributed by atoms with Crippen molar-refractivity contribution in [3.8, 4) is 6.07 Å². The van der Waals surface area contributed by atoms with E-state index in [2.05, 4.69) is 39.2 Å². The highest BCUT2D eigenvalue weighted by Gasteiger charge is 2.18. The van der Waals surface area contributed by atoms with Gasteiger partial charge in [0.05, 0.1) is 12.7 Å². The van der Waals surface area contributed by atoms with Crippen LogP contribution in [0.2, 0.25) is 0 Å². The molecule has 4 rings (SSSR count). The largest absolute Gasteiger partial charge is 0.375 e. The smallest absolute Gasteiger partial charge is 0.168 e. The lowest BCUT2D eigenvalue weighted by Crippen LogP contribution is -2.41. The van der Waals surface area contributed by atoms with E-state index in [1.807, 2.05) is 36.7 Å². The lowest BCUT2D eigenvalue weighted by Gasteiger charge is -2.32. The number of nitrogens with zero attached hydrogens (tertiary/aromatic N) is 5. The SMILES string of the molecule is C[C@@H]1CN(c2cc(CNc3nc4ccccn4c3C#N)ccn2)CCO1. The Morgan fingerprint density at radius 2 is 2.31 bits per heavy atom. The van der Waals surface area contributed by atoms with E-state index in [0.717, 1.165) is 36.7 Å². The molecule has 0 saturated carbocycles. The molecular formula is C19H20N6O. The molecule has 7 nitrogen and oxygen atoms in total. The van der Waals surface area contributed by atoms with Crippen LogP contribution in [0.25, 0.3) is 5.65 Å². The van der Waals surface area contributed by atoms with Gasteiger partial charge >= 0.3 is 0 Å². The van der Waals surface area contributed by atoms with Crippen molar-refractivity contribution >= 4 is 17.3 Å². The van der Waals surface area contributed by atoms with Gasteiger partial charge in [0, 0.05) is 32.0 Å². The van der Waals surface area contributed by atoms with E-state index in [9.17, 15) is 5.26 Å². The molecule has 0 radical (unpaired) electrons. The third-order valence-electron chi connectivity index (χ3n) is 4.47. The van der Waals surface area contributed by atoms with Crippen molar-refractivity contribution in [2.24, 2.45) is 0 Å². The number of fused-ring (bicyclic) bond motifs is 1. The molecule has 1 N–H and O–H groups in total. The summed E-state index contributed by atoms with van der Waals surface area (Å²) in [5.74, 6) is 1.55. The van der Waals surface area contributed by atoms with Crippen molar-refractivity contribution < 1.29 is 4.74 Å². The maximum atomic E-state index is 9.46. The normalized spacial score (nSPS) is 17.2. The standard InChI is InChI=1S/C19H20N6O/c1-14-13-24(8-9-26-14)18-10-15(5-6-21-18)12-22-19-16(11-20)25-7-3-2-4-17(25)23-19/h2-7,10,14,22H,8-9,12-13H2,1H3/t14-/m1/s1. The Morgan fingerprint density at radius 1 is 1.38 bits per heavy atom. The number of morpholine rings is 1. The monoisotopic (exact) mass is 348 g/mol. The lowest BCUT2D eigenvalue weighted by atomic mass is 10.2. The first-order chi connectivity index (χ1) is 12.7. The number of rotatable bonds is 4. The van der Waals surface area contributed by atoms with Crippen LogP contribution in [-0.2, 0) is 11.3 Å². The van der Waals surface area contributed by atoms with E-state index < -0.39 is 0 Å². The zero-order valence-electron chi connectivity index (χ0n) is 14.6. The van der Waals surface area contributed by atoms with E-state index in [0.29, 0.717) is 18.1 Å². The number of nitriles is 1. The second-order valence-electron chi connectivity index (χ2n) is 6.35. The molecule has 0 amide bonds. The van der Waals surface area contributed by atoms with E-state index in [1.54, 1.807) is 4.40 Å². The van der Waals surface area contributed by atoms with E-state index in [-0.39, 0.29) is 6.10 Å². The fraction of sp³-hybridized carbons (Fsp3) is 0.316. The molecule has 1 saturated heterocycles. The molecule has 26 heavy (non-hydrogen) atoms. The summed E-state index contributed by atoms with van der Waals surface area (Å²) in [6, 6.07) is 12.0. The summed E-state index contributed by atoms with van der Waals surface area (Å²) < 4.78 is 7.38. The average molecular weight is 348 g/mol. The minimum absolute atomic E-state index is 0.212. The highest BCUT2D eigenvalue weighted by atomic mass is 16.5. The first-order valence-electron chi connectivity index (χ1n) is 8.67. The van der Waals surface area contributed by atoms with Crippen molar-refractivity contribution in [1.82, 2.24) is 14.4 Å². The van der Waals surface area contributed by atoms with Crippen molar-refractivity contribution in [3.05, 3.63) is 54.0 Å². The summed E-state index contributed by atoms with van der Waals surface area (Å²) in [6.45, 7) is 5.06. The Labute approximate surface area is 151 Å². The zero-order valence-corrected chi connectivity index (χ0v) is 14.6. The summed E-state index contributed by atoms with van der Waals surface area (Å²) in [6.07, 6.45) is 3.88. The first-order valence-corrected chi connectivity index (χ1v) is 8.67. The number of aromatic nitrogens is 3. The lowest BCUT2D eigenvalue weighted by molar-refractivity contribution is 0.0529. The maximum Gasteiger partial charge on any atom is 0.168 e. The Morgan fingerprint density at radius 3 is 3.15 bits per heavy atom. The van der Waals surface area contributed by atoms with Crippen molar-refractivity contribution in [3.63, 3.8) is 0 Å². The third-order valence-corrected chi connectivity index (χ3v) is 4.47. The Kier molecular flexibility index (Phi) is 4.42. The Bertz CT molecular complexity index is 960. The second-order valence-corrected chi connectivity index (χ2v) is 6.35. The predicted octanol–water partition coefficient (Wildman–Crippen LogP) is 2.44. The van der Waals surface area contributed by atoms with Gasteiger partial charge in [0.1, 0.15) is 17.5 Å². The van der Waals surface area contributed by atoms with Gasteiger partial charge in [-0.1, -0.05) is 6.07 Å². The van der Waals surface area contributed by atoms with Crippen molar-refractivity contribution in [2.75, 3.05) is 29.9 Å². The zero-order chi connectivity index (χ0) is 17.9. The molecule has 1 aliphatic rings. The average Bonchev–Trinajstić information content (AvgIpc) is 3.04. The number of anilines is 2. The van der Waals surface area contributed by atoms with E-state index in [4.69, 9.17) is 4.74 Å². The summed E-state index contributed by atoms with van der Waals surface area (Å²) in [5, 5.41) is 12.7. The van der Waals surface area contributed by atoms with Gasteiger partial charge in [0.15, 0.2) is 11.5 Å². The van der Waals surface area contributed by atoms with Crippen LogP contribution in [0.5, 0.6) is 0 Å². The minimum atomic E-state index is 0.212. The van der Waals surface area contributed by atoms with Crippen LogP contribution in [0.15, 0.2) is 42.7 Å². The fourth-order valence-electron chi connectivity index (χ4n) is 3.18. The molecule has 132 valence electrons. The molecule has 0 aliphatic carbocycles. The van der Waals surface area contributed by atoms with Gasteiger partial charge in [-0.15, -0.1) is 0 Å². The molecule has 0 unspecified atom stereocenters. The number of hydrogen-bond acceptors (Lipinski definition) is 6. The summed E-state index contributed by atoms with van der Waals surface area (Å²) in [7, 11) is 0. The van der Waals surface area contributed by atoms with Crippen LogP contribution in [0.4, 0.5) is 11.6 Å². The van der Waals surface area contributed by atoms with Crippen LogP contribution < -0.4 is 10.2 Å².